The summed E-state index contributed by atoms with van der Waals surface area (Å²) in [6.07, 6.45) is -0.817. The minimum Gasteiger partial charge on any atom is -0.444 e. The molecule has 1 amide bonds. The van der Waals surface area contributed by atoms with Crippen molar-refractivity contribution >= 4 is 6.09 Å². The van der Waals surface area contributed by atoms with Crippen molar-refractivity contribution in [1.82, 2.24) is 30.1 Å². The van der Waals surface area contributed by atoms with E-state index in [2.05, 4.69) is 20.5 Å². The molecule has 2 aromatic carbocycles. The van der Waals surface area contributed by atoms with E-state index in [0.717, 1.165) is 29.2 Å². The summed E-state index contributed by atoms with van der Waals surface area (Å²) in [5, 5.41) is 15.1. The fraction of sp³-hybridized carbons (Fsp3) is 0.346. The molecule has 2 aromatic heterocycles. The second-order valence-corrected chi connectivity index (χ2v) is 9.99. The molecule has 0 radical (unpaired) electrons. The van der Waals surface area contributed by atoms with Crippen molar-refractivity contribution in [2.75, 3.05) is 6.54 Å². The Bertz CT molecular complexity index is 1480. The Morgan fingerprint density at radius 1 is 1.08 bits per heavy atom. The summed E-state index contributed by atoms with van der Waals surface area (Å²) in [5.74, 6) is -1.59. The van der Waals surface area contributed by atoms with Crippen LogP contribution in [0.5, 0.6) is 0 Å². The predicted molar refractivity (Wildman–Crippen MR) is 130 cm³/mol. The Balaban J connectivity index is 1.29. The van der Waals surface area contributed by atoms with Gasteiger partial charge in [0.05, 0.1) is 12.7 Å². The number of carbonyl (C=O) groups is 1. The summed E-state index contributed by atoms with van der Waals surface area (Å²) >= 11 is 0. The second-order valence-electron chi connectivity index (χ2n) is 9.99. The van der Waals surface area contributed by atoms with E-state index in [1.54, 1.807) is 11.1 Å². The molecule has 0 aliphatic carbocycles. The molecule has 3 heterocycles. The highest BCUT2D eigenvalue weighted by molar-refractivity contribution is 5.69. The smallest absolute Gasteiger partial charge is 0.410 e. The monoisotopic (exact) mass is 526 g/mol. The van der Waals surface area contributed by atoms with E-state index in [4.69, 9.17) is 9.15 Å². The summed E-state index contributed by atoms with van der Waals surface area (Å²) in [4.78, 5) is 14.2. The van der Waals surface area contributed by atoms with Crippen LogP contribution in [0.1, 0.15) is 49.8 Å². The molecule has 0 spiro atoms. The number of hydrogen-bond acceptors (Lipinski definition) is 7. The lowest BCUT2D eigenvalue weighted by Gasteiger charge is -2.31. The molecule has 0 saturated heterocycles. The lowest BCUT2D eigenvalue weighted by Crippen LogP contribution is -2.39. The number of ether oxygens (including phenoxy) is 1. The maximum atomic E-state index is 14.8. The topological polar surface area (TPSA) is 99.2 Å². The second kappa shape index (κ2) is 9.92. The SMILES string of the molecule is CC(C)(C)OC(=O)N1CCc2ccc(-c3cn(Cc4ccc(-c5nnc(C(F)F)o5)cc4F)nn3)cc2C1. The lowest BCUT2D eigenvalue weighted by molar-refractivity contribution is 0.0224. The normalized spacial score (nSPS) is 13.6. The highest BCUT2D eigenvalue weighted by atomic mass is 19.3. The predicted octanol–water partition coefficient (Wildman–Crippen LogP) is 5.41. The summed E-state index contributed by atoms with van der Waals surface area (Å²) < 4.78 is 52.0. The van der Waals surface area contributed by atoms with Gasteiger partial charge in [-0.3, -0.25) is 0 Å². The van der Waals surface area contributed by atoms with Crippen LogP contribution >= 0.6 is 0 Å². The van der Waals surface area contributed by atoms with Crippen molar-refractivity contribution in [3.8, 4) is 22.7 Å². The molecule has 5 rings (SSSR count). The van der Waals surface area contributed by atoms with Crippen LogP contribution in [-0.2, 0) is 24.2 Å². The largest absolute Gasteiger partial charge is 0.444 e. The van der Waals surface area contributed by atoms with Gasteiger partial charge < -0.3 is 14.1 Å². The highest BCUT2D eigenvalue weighted by Crippen LogP contribution is 2.27. The summed E-state index contributed by atoms with van der Waals surface area (Å²) in [5.41, 5.74) is 3.53. The number of benzene rings is 2. The Labute approximate surface area is 216 Å². The van der Waals surface area contributed by atoms with E-state index < -0.39 is 23.7 Å². The molecule has 0 saturated carbocycles. The van der Waals surface area contributed by atoms with Gasteiger partial charge in [-0.25, -0.2) is 13.9 Å². The molecule has 198 valence electrons. The maximum absolute atomic E-state index is 14.8. The van der Waals surface area contributed by atoms with Crippen molar-refractivity contribution in [3.63, 3.8) is 0 Å². The van der Waals surface area contributed by atoms with Crippen molar-refractivity contribution < 1.29 is 27.1 Å². The minimum atomic E-state index is -2.90. The molecular weight excluding hydrogens is 501 g/mol. The van der Waals surface area contributed by atoms with E-state index >= 15 is 0 Å². The van der Waals surface area contributed by atoms with Crippen molar-refractivity contribution in [2.24, 2.45) is 0 Å². The molecule has 4 aromatic rings. The van der Waals surface area contributed by atoms with Crippen LogP contribution in [0.25, 0.3) is 22.7 Å². The first-order valence-electron chi connectivity index (χ1n) is 12.0. The molecule has 0 N–H and O–H groups in total. The number of nitrogens with zero attached hydrogens (tertiary/aromatic N) is 6. The third-order valence-electron chi connectivity index (χ3n) is 5.96. The molecule has 12 heteroatoms. The van der Waals surface area contributed by atoms with Gasteiger partial charge in [0.25, 0.3) is 5.89 Å². The van der Waals surface area contributed by atoms with Crippen LogP contribution < -0.4 is 0 Å². The van der Waals surface area contributed by atoms with Gasteiger partial charge in [-0.05, 0) is 56.5 Å². The van der Waals surface area contributed by atoms with E-state index in [-0.39, 0.29) is 24.1 Å². The van der Waals surface area contributed by atoms with Crippen LogP contribution in [0.3, 0.4) is 0 Å². The standard InChI is InChI=1S/C26H25F3N6O3/c1-26(2,3)38-25(36)34-9-8-15-4-5-16(10-19(15)12-34)21-14-35(33-30-21)13-18-7-6-17(11-20(18)27)23-31-32-24(37-23)22(28)29/h4-7,10-11,14,22H,8-9,12-13H2,1-3H3. The van der Waals surface area contributed by atoms with Gasteiger partial charge in [0.1, 0.15) is 17.1 Å². The van der Waals surface area contributed by atoms with Crippen LogP contribution in [0.15, 0.2) is 47.0 Å². The number of halogens is 3. The number of carbonyl (C=O) groups excluding carboxylic acids is 1. The quantitative estimate of drug-likeness (QED) is 0.343. The summed E-state index contributed by atoms with van der Waals surface area (Å²) in [6.45, 7) is 6.63. The first kappa shape index (κ1) is 25.4. The fourth-order valence-corrected chi connectivity index (χ4v) is 4.13. The summed E-state index contributed by atoms with van der Waals surface area (Å²) in [6, 6.07) is 10.1. The van der Waals surface area contributed by atoms with E-state index in [9.17, 15) is 18.0 Å². The number of amides is 1. The first-order valence-corrected chi connectivity index (χ1v) is 12.0. The number of fused-ring (bicyclic) bond motifs is 1. The van der Waals surface area contributed by atoms with Crippen LogP contribution in [-0.4, -0.2) is 48.3 Å². The average molecular weight is 527 g/mol. The van der Waals surface area contributed by atoms with Gasteiger partial charge in [0.15, 0.2) is 0 Å². The third-order valence-corrected chi connectivity index (χ3v) is 5.96. The van der Waals surface area contributed by atoms with Gasteiger partial charge in [-0.1, -0.05) is 23.4 Å². The molecular formula is C26H25F3N6O3. The van der Waals surface area contributed by atoms with Gasteiger partial charge in [-0.2, -0.15) is 8.78 Å². The van der Waals surface area contributed by atoms with Gasteiger partial charge in [0.2, 0.25) is 5.89 Å². The van der Waals surface area contributed by atoms with Crippen LogP contribution in [0.4, 0.5) is 18.0 Å². The maximum Gasteiger partial charge on any atom is 0.410 e. The van der Waals surface area contributed by atoms with Crippen LogP contribution in [0, 0.1) is 5.82 Å². The molecule has 0 atom stereocenters. The van der Waals surface area contributed by atoms with Crippen molar-refractivity contribution in [1.29, 1.82) is 0 Å². The van der Waals surface area contributed by atoms with E-state index in [1.807, 2.05) is 39.0 Å². The number of alkyl halides is 2. The van der Waals surface area contributed by atoms with E-state index in [1.165, 1.54) is 16.8 Å². The molecule has 0 fully saturated rings. The zero-order valence-corrected chi connectivity index (χ0v) is 21.0. The van der Waals surface area contributed by atoms with Crippen molar-refractivity contribution in [2.45, 2.75) is 52.3 Å². The molecule has 1 aliphatic rings. The molecule has 0 bridgehead atoms. The Morgan fingerprint density at radius 3 is 2.58 bits per heavy atom. The molecule has 0 unspecified atom stereocenters. The average Bonchev–Trinajstić information content (AvgIpc) is 3.54. The lowest BCUT2D eigenvalue weighted by atomic mass is 9.97. The van der Waals surface area contributed by atoms with Crippen molar-refractivity contribution in [3.05, 3.63) is 71.0 Å². The zero-order valence-electron chi connectivity index (χ0n) is 21.0. The molecule has 9 nitrogen and oxygen atoms in total. The number of aromatic nitrogens is 5. The Kier molecular flexibility index (Phi) is 6.64. The number of hydrogen-bond donors (Lipinski definition) is 0. The Hall–Kier alpha value is -4.22. The minimum absolute atomic E-state index is 0.0998. The van der Waals surface area contributed by atoms with Gasteiger partial charge in [-0.15, -0.1) is 15.3 Å². The van der Waals surface area contributed by atoms with Gasteiger partial charge in [0, 0.05) is 29.8 Å². The molecule has 38 heavy (non-hydrogen) atoms. The first-order chi connectivity index (χ1) is 18.1. The number of rotatable bonds is 5. The van der Waals surface area contributed by atoms with Gasteiger partial charge >= 0.3 is 12.5 Å². The summed E-state index contributed by atoms with van der Waals surface area (Å²) in [7, 11) is 0. The van der Waals surface area contributed by atoms with E-state index in [0.29, 0.717) is 24.3 Å². The Morgan fingerprint density at radius 2 is 1.87 bits per heavy atom. The van der Waals surface area contributed by atoms with Crippen LogP contribution in [0.2, 0.25) is 0 Å². The highest BCUT2D eigenvalue weighted by Gasteiger charge is 2.26. The third kappa shape index (κ3) is 5.53. The molecule has 1 aliphatic heterocycles. The fourth-order valence-electron chi connectivity index (χ4n) is 4.13. The zero-order chi connectivity index (χ0) is 27.0.